The highest BCUT2D eigenvalue weighted by atomic mass is 16.5. The predicted octanol–water partition coefficient (Wildman–Crippen LogP) is 4.58. The van der Waals surface area contributed by atoms with Crippen LogP contribution in [0.4, 0.5) is 23.1 Å². The Morgan fingerprint density at radius 2 is 1.83 bits per heavy atom. The van der Waals surface area contributed by atoms with Crippen LogP contribution in [0.2, 0.25) is 0 Å². The number of aromatic carboxylic acids is 1. The minimum absolute atomic E-state index is 0.0573. The van der Waals surface area contributed by atoms with Gasteiger partial charge in [-0.1, -0.05) is 19.9 Å². The highest BCUT2D eigenvalue weighted by molar-refractivity contribution is 6.10. The molecule has 2 saturated heterocycles. The summed E-state index contributed by atoms with van der Waals surface area (Å²) in [6.07, 6.45) is 4.87. The van der Waals surface area contributed by atoms with E-state index in [1.165, 1.54) is 6.07 Å². The molecular formula is C30H34N8O3. The normalized spacial score (nSPS) is 16.0. The Bertz CT molecular complexity index is 1450. The van der Waals surface area contributed by atoms with Crippen molar-refractivity contribution in [2.24, 2.45) is 11.8 Å². The molecule has 11 heteroatoms. The van der Waals surface area contributed by atoms with Crippen molar-refractivity contribution in [3.63, 3.8) is 0 Å². The van der Waals surface area contributed by atoms with Gasteiger partial charge in [0.05, 0.1) is 19.3 Å². The molecule has 3 N–H and O–H groups in total. The minimum atomic E-state index is -1.17. The van der Waals surface area contributed by atoms with E-state index in [1.807, 2.05) is 38.1 Å². The van der Waals surface area contributed by atoms with E-state index in [9.17, 15) is 15.2 Å². The Morgan fingerprint density at radius 1 is 1.12 bits per heavy atom. The molecule has 2 aliphatic rings. The minimum Gasteiger partial charge on any atom is -0.477 e. The first-order chi connectivity index (χ1) is 19.8. The van der Waals surface area contributed by atoms with Gasteiger partial charge in [0.1, 0.15) is 5.82 Å². The molecule has 11 nitrogen and oxygen atoms in total. The molecule has 0 spiro atoms. The molecule has 212 valence electrons. The number of pyridine rings is 1. The molecule has 0 bridgehead atoms. The molecule has 0 unspecified atom stereocenters. The van der Waals surface area contributed by atoms with Crippen LogP contribution in [0, 0.1) is 28.6 Å². The maximum absolute atomic E-state index is 12.2. The van der Waals surface area contributed by atoms with Crippen LogP contribution in [0.15, 0.2) is 42.7 Å². The summed E-state index contributed by atoms with van der Waals surface area (Å²) in [6.45, 7) is 8.16. The van der Waals surface area contributed by atoms with Gasteiger partial charge in [0.2, 0.25) is 5.95 Å². The summed E-state index contributed by atoms with van der Waals surface area (Å²) < 4.78 is 5.48. The number of carboxylic acids is 1. The van der Waals surface area contributed by atoms with Gasteiger partial charge in [0.25, 0.3) is 0 Å². The third-order valence-corrected chi connectivity index (χ3v) is 7.48. The number of rotatable bonds is 8. The quantitative estimate of drug-likeness (QED) is 0.337. The Hall–Kier alpha value is -4.56. The number of piperidine rings is 1. The van der Waals surface area contributed by atoms with Gasteiger partial charge in [-0.2, -0.15) is 5.26 Å². The largest absolute Gasteiger partial charge is 0.477 e. The van der Waals surface area contributed by atoms with E-state index >= 15 is 0 Å². The van der Waals surface area contributed by atoms with E-state index in [0.29, 0.717) is 60.5 Å². The maximum Gasteiger partial charge on any atom is 0.354 e. The lowest BCUT2D eigenvalue weighted by molar-refractivity contribution is 0.0690. The van der Waals surface area contributed by atoms with Crippen molar-refractivity contribution in [2.45, 2.75) is 26.7 Å². The lowest BCUT2D eigenvalue weighted by Crippen LogP contribution is -2.36. The van der Waals surface area contributed by atoms with Crippen LogP contribution < -0.4 is 15.1 Å². The van der Waals surface area contributed by atoms with E-state index < -0.39 is 5.97 Å². The summed E-state index contributed by atoms with van der Waals surface area (Å²) in [5.74, 6) is -0.399. The van der Waals surface area contributed by atoms with Crippen molar-refractivity contribution in [1.82, 2.24) is 15.0 Å². The van der Waals surface area contributed by atoms with Crippen LogP contribution in [0.5, 0.6) is 0 Å². The van der Waals surface area contributed by atoms with Crippen LogP contribution in [-0.4, -0.2) is 71.1 Å². The number of carboxylic acid groups (broad SMARTS) is 1. The summed E-state index contributed by atoms with van der Waals surface area (Å²) in [5.41, 5.74) is 3.56. The zero-order chi connectivity index (χ0) is 28.9. The van der Waals surface area contributed by atoms with Gasteiger partial charge in [-0.05, 0) is 48.6 Å². The van der Waals surface area contributed by atoms with Crippen LogP contribution in [0.1, 0.15) is 42.7 Å². The van der Waals surface area contributed by atoms with Crippen LogP contribution in [0.25, 0.3) is 11.1 Å². The van der Waals surface area contributed by atoms with E-state index in [4.69, 9.17) is 10.1 Å². The molecule has 3 aromatic rings. The number of morpholine rings is 1. The van der Waals surface area contributed by atoms with Gasteiger partial charge < -0.3 is 30.4 Å². The first-order valence-corrected chi connectivity index (χ1v) is 13.9. The Kier molecular flexibility index (Phi) is 8.40. The monoisotopic (exact) mass is 554 g/mol. The molecule has 41 heavy (non-hydrogen) atoms. The van der Waals surface area contributed by atoms with Gasteiger partial charge in [-0.25, -0.2) is 19.7 Å². The summed E-state index contributed by atoms with van der Waals surface area (Å²) in [5, 5.41) is 31.4. The smallest absolute Gasteiger partial charge is 0.354 e. The number of nitrogens with one attached hydrogen (secondary N) is 2. The number of benzene rings is 1. The Labute approximate surface area is 239 Å². The highest BCUT2D eigenvalue weighted by Crippen LogP contribution is 2.34. The third kappa shape index (κ3) is 6.28. The highest BCUT2D eigenvalue weighted by Gasteiger charge is 2.24. The van der Waals surface area contributed by atoms with Gasteiger partial charge in [-0.3, -0.25) is 0 Å². The van der Waals surface area contributed by atoms with Gasteiger partial charge >= 0.3 is 5.97 Å². The van der Waals surface area contributed by atoms with E-state index in [2.05, 4.69) is 36.1 Å². The number of nitrogens with zero attached hydrogens (tertiary/aromatic N) is 6. The fraction of sp³-hybridized carbons (Fsp3) is 0.400. The molecule has 0 amide bonds. The molecule has 4 heterocycles. The van der Waals surface area contributed by atoms with Gasteiger partial charge in [0, 0.05) is 72.7 Å². The molecule has 0 saturated carbocycles. The Morgan fingerprint density at radius 3 is 2.46 bits per heavy atom. The van der Waals surface area contributed by atoms with Crippen LogP contribution in [-0.2, 0) is 4.74 Å². The first kappa shape index (κ1) is 28.0. The maximum atomic E-state index is 12.2. The summed E-state index contributed by atoms with van der Waals surface area (Å²) >= 11 is 0. The molecule has 0 radical (unpaired) electrons. The molecule has 0 atom stereocenters. The number of carbonyl (C=O) groups is 1. The lowest BCUT2D eigenvalue weighted by atomic mass is 9.92. The van der Waals surface area contributed by atoms with Crippen molar-refractivity contribution < 1.29 is 14.6 Å². The molecular weight excluding hydrogens is 520 g/mol. The van der Waals surface area contributed by atoms with E-state index in [1.54, 1.807) is 12.4 Å². The second-order valence-corrected chi connectivity index (χ2v) is 10.6. The average molecular weight is 555 g/mol. The van der Waals surface area contributed by atoms with Crippen LogP contribution >= 0.6 is 0 Å². The molecule has 0 aliphatic carbocycles. The number of hydrogen-bond acceptors (Lipinski definition) is 10. The second-order valence-electron chi connectivity index (χ2n) is 10.6. The number of anilines is 4. The second kappa shape index (κ2) is 12.3. The van der Waals surface area contributed by atoms with E-state index in [-0.39, 0.29) is 17.5 Å². The fourth-order valence-electron chi connectivity index (χ4n) is 5.10. The standard InChI is InChI=1S/C30H34N8O3/c1-19(2)27(32)26-24(21-17-33-30(34-18-21)38-8-6-20(16-31)7-9-38)15-25(29(39)40)36-28(26)35-22-4-3-5-23(14-22)37-10-12-41-13-11-37/h3-5,14-15,17-20,32H,6-13H2,1-2H3,(H,35,36)(H,39,40). The summed E-state index contributed by atoms with van der Waals surface area (Å²) in [6, 6.07) is 11.7. The average Bonchev–Trinajstić information content (AvgIpc) is 3.01. The van der Waals surface area contributed by atoms with Crippen LogP contribution in [0.3, 0.4) is 0 Å². The molecule has 1 aromatic carbocycles. The predicted molar refractivity (Wildman–Crippen MR) is 157 cm³/mol. The number of aromatic nitrogens is 3. The topological polar surface area (TPSA) is 151 Å². The van der Waals surface area contributed by atoms with Crippen molar-refractivity contribution >= 4 is 34.8 Å². The molecule has 2 aromatic heterocycles. The SMILES string of the molecule is CC(C)C(=N)c1c(-c2cnc(N3CCC(C#N)CC3)nc2)cc(C(=O)O)nc1Nc1cccc(N2CCOCC2)c1. The fourth-order valence-corrected chi connectivity index (χ4v) is 5.10. The van der Waals surface area contributed by atoms with Crippen molar-refractivity contribution in [3.05, 3.63) is 54.0 Å². The first-order valence-electron chi connectivity index (χ1n) is 13.9. The summed E-state index contributed by atoms with van der Waals surface area (Å²) in [4.78, 5) is 30.1. The van der Waals surface area contributed by atoms with E-state index in [0.717, 1.165) is 37.3 Å². The Balaban J connectivity index is 1.53. The lowest BCUT2D eigenvalue weighted by Gasteiger charge is -2.29. The summed E-state index contributed by atoms with van der Waals surface area (Å²) in [7, 11) is 0. The third-order valence-electron chi connectivity index (χ3n) is 7.48. The van der Waals surface area contributed by atoms with Gasteiger partial charge in [0.15, 0.2) is 5.69 Å². The van der Waals surface area contributed by atoms with Crippen molar-refractivity contribution in [3.8, 4) is 17.2 Å². The zero-order valence-corrected chi connectivity index (χ0v) is 23.3. The zero-order valence-electron chi connectivity index (χ0n) is 23.3. The van der Waals surface area contributed by atoms with Crippen molar-refractivity contribution in [2.75, 3.05) is 54.5 Å². The molecule has 2 aliphatic heterocycles. The van der Waals surface area contributed by atoms with Crippen molar-refractivity contribution in [1.29, 1.82) is 10.7 Å². The molecule has 5 rings (SSSR count). The number of hydrogen-bond donors (Lipinski definition) is 3. The number of nitriles is 1. The molecule has 2 fully saturated rings. The van der Waals surface area contributed by atoms with Gasteiger partial charge in [-0.15, -0.1) is 0 Å². The number of ether oxygens (including phenoxy) is 1.